The van der Waals surface area contributed by atoms with Crippen LogP contribution < -0.4 is 10.2 Å². The average Bonchev–Trinajstić information content (AvgIpc) is 3.47. The van der Waals surface area contributed by atoms with Crippen molar-refractivity contribution < 1.29 is 37.3 Å². The van der Waals surface area contributed by atoms with Crippen LogP contribution in [-0.4, -0.2) is 69.4 Å². The van der Waals surface area contributed by atoms with E-state index in [1.165, 1.54) is 128 Å². The van der Waals surface area contributed by atoms with E-state index in [1.54, 1.807) is 0 Å². The summed E-state index contributed by atoms with van der Waals surface area (Å²) in [6.45, 7) is 6.66. The summed E-state index contributed by atoms with van der Waals surface area (Å²) in [7, 11) is 1.14. The fourth-order valence-corrected chi connectivity index (χ4v) is 9.91. The van der Waals surface area contributed by atoms with Gasteiger partial charge in [-0.25, -0.2) is 0 Å². The first-order chi connectivity index (χ1) is 40.4. The minimum absolute atomic E-state index is 0.0382. The van der Waals surface area contributed by atoms with Crippen LogP contribution in [0.1, 0.15) is 278 Å². The van der Waals surface area contributed by atoms with Gasteiger partial charge >= 0.3 is 5.97 Å². The number of unbranched alkanes of at least 4 members (excludes halogenated alkanes) is 26. The average molecular weight is 1180 g/mol. The molecule has 9 nitrogen and oxygen atoms in total. The zero-order valence-electron chi connectivity index (χ0n) is 54.4. The molecule has 0 aliphatic rings. The van der Waals surface area contributed by atoms with E-state index >= 15 is 0 Å². The fourth-order valence-electron chi connectivity index (χ4n) is 9.19. The molecule has 0 saturated heterocycles. The van der Waals surface area contributed by atoms with Crippen molar-refractivity contribution in [2.75, 3.05) is 40.9 Å². The van der Waals surface area contributed by atoms with E-state index in [0.29, 0.717) is 23.9 Å². The van der Waals surface area contributed by atoms with Gasteiger partial charge in [-0.1, -0.05) is 271 Å². The molecule has 0 aromatic heterocycles. The molecular weight excluding hydrogens is 1050 g/mol. The largest absolute Gasteiger partial charge is 0.756 e. The van der Waals surface area contributed by atoms with Crippen LogP contribution in [0.15, 0.2) is 122 Å². The molecule has 0 aromatic rings. The van der Waals surface area contributed by atoms with Gasteiger partial charge in [-0.15, -0.1) is 0 Å². The molecule has 0 aromatic carbocycles. The number of carbonyl (C=O) groups is 2. The zero-order chi connectivity index (χ0) is 60.7. The van der Waals surface area contributed by atoms with Crippen molar-refractivity contribution >= 4 is 19.7 Å². The standard InChI is InChI=1S/C73H127N2O7P/c1-7-10-13-16-19-22-25-28-30-32-33-34-35-36-37-38-39-40-41-43-45-48-51-54-57-60-63-66-73(77)82-71(64-61-58-55-52-49-46-27-24-21-18-15-12-9-3)70(69-81-83(78,79)80-68-67-75(4,5)6)74-72(76)65-62-59-56-53-50-47-44-42-31-29-26-23-20-17-14-11-8-2/h10,13,19-20,22-23,28-31,33-34,36-37,44,47,53,56,61,64,70-71H,7-9,11-12,14-18,21,24-27,32,35,38-43,45-46,48-52,54-55,57-60,62-63,65-69H2,1-6H3,(H-,74,76,78,79)/b13-10-,22-19-,23-20-,30-28-,31-29-,34-33-,37-36-,47-44-,56-53-,64-61-. The zero-order valence-corrected chi connectivity index (χ0v) is 55.3. The second-order valence-corrected chi connectivity index (χ2v) is 25.0. The third kappa shape index (κ3) is 62.8. The molecule has 0 fully saturated rings. The number of hydrogen-bond acceptors (Lipinski definition) is 7. The van der Waals surface area contributed by atoms with Gasteiger partial charge in [-0.05, 0) is 115 Å². The molecule has 0 saturated carbocycles. The Morgan fingerprint density at radius 1 is 0.434 bits per heavy atom. The summed E-state index contributed by atoms with van der Waals surface area (Å²) >= 11 is 0. The van der Waals surface area contributed by atoms with E-state index in [4.69, 9.17) is 13.8 Å². The van der Waals surface area contributed by atoms with Gasteiger partial charge in [0.05, 0.1) is 33.8 Å². The van der Waals surface area contributed by atoms with Crippen LogP contribution in [0, 0.1) is 0 Å². The van der Waals surface area contributed by atoms with Crippen LogP contribution in [0.5, 0.6) is 0 Å². The molecule has 0 bridgehead atoms. The Hall–Kier alpha value is -3.59. The Balaban J connectivity index is 5.19. The second kappa shape index (κ2) is 61.5. The highest BCUT2D eigenvalue weighted by Crippen LogP contribution is 2.38. The third-order valence-electron chi connectivity index (χ3n) is 14.4. The Bertz CT molecular complexity index is 1830. The maximum Gasteiger partial charge on any atom is 0.306 e. The van der Waals surface area contributed by atoms with Gasteiger partial charge in [0.25, 0.3) is 7.82 Å². The molecular formula is C73H127N2O7P. The first kappa shape index (κ1) is 79.4. The van der Waals surface area contributed by atoms with Crippen molar-refractivity contribution in [2.24, 2.45) is 0 Å². The molecule has 0 spiro atoms. The molecule has 1 N–H and O–H groups in total. The lowest BCUT2D eigenvalue weighted by molar-refractivity contribution is -0.870. The SMILES string of the molecule is CC/C=C\C/C=C\C/C=C\C/C=C\C/C=C\CCCCCCCCCCCCCC(=O)OC(/C=C\CCCCCCCCCCCCC)C(COP(=O)([O-])OCC[N+](C)(C)C)NC(=O)CCC/C=C\C/C=C\C/C=C\C/C=C\CCCCC. The molecule has 10 heteroatoms. The quantitative estimate of drug-likeness (QED) is 0.0212. The molecule has 0 heterocycles. The number of rotatable bonds is 60. The van der Waals surface area contributed by atoms with E-state index in [2.05, 4.69) is 135 Å². The van der Waals surface area contributed by atoms with Gasteiger partial charge in [0.1, 0.15) is 19.3 Å². The molecule has 0 aliphatic carbocycles. The first-order valence-corrected chi connectivity index (χ1v) is 35.3. The highest BCUT2D eigenvalue weighted by atomic mass is 31.2. The minimum atomic E-state index is -4.72. The van der Waals surface area contributed by atoms with Crippen molar-refractivity contribution in [3.8, 4) is 0 Å². The normalized spacial score (nSPS) is 14.3. The van der Waals surface area contributed by atoms with Crippen molar-refractivity contribution in [1.29, 1.82) is 0 Å². The number of ether oxygens (including phenoxy) is 1. The maximum atomic E-state index is 13.5. The third-order valence-corrected chi connectivity index (χ3v) is 15.3. The summed E-state index contributed by atoms with van der Waals surface area (Å²) in [4.78, 5) is 40.1. The Morgan fingerprint density at radius 2 is 0.783 bits per heavy atom. The molecule has 0 rings (SSSR count). The van der Waals surface area contributed by atoms with E-state index < -0.39 is 26.6 Å². The van der Waals surface area contributed by atoms with Crippen molar-refractivity contribution in [2.45, 2.75) is 290 Å². The number of carbonyl (C=O) groups excluding carboxylic acids is 2. The van der Waals surface area contributed by atoms with Gasteiger partial charge in [-0.3, -0.25) is 14.2 Å². The van der Waals surface area contributed by atoms with E-state index in [0.717, 1.165) is 103 Å². The van der Waals surface area contributed by atoms with E-state index in [1.807, 2.05) is 33.3 Å². The lowest BCUT2D eigenvalue weighted by Gasteiger charge is -2.30. The van der Waals surface area contributed by atoms with Gasteiger partial charge < -0.3 is 28.5 Å². The summed E-state index contributed by atoms with van der Waals surface area (Å²) in [6, 6.07) is -0.926. The highest BCUT2D eigenvalue weighted by molar-refractivity contribution is 7.45. The molecule has 1 amide bonds. The summed E-state index contributed by atoms with van der Waals surface area (Å²) in [6.07, 6.45) is 86.1. The minimum Gasteiger partial charge on any atom is -0.756 e. The first-order valence-electron chi connectivity index (χ1n) is 33.8. The number of phosphoric ester groups is 1. The maximum absolute atomic E-state index is 13.5. The Morgan fingerprint density at radius 3 is 1.20 bits per heavy atom. The predicted molar refractivity (Wildman–Crippen MR) is 357 cm³/mol. The highest BCUT2D eigenvalue weighted by Gasteiger charge is 2.27. The number of hydrogen-bond donors (Lipinski definition) is 1. The van der Waals surface area contributed by atoms with E-state index in [9.17, 15) is 19.0 Å². The molecule has 0 radical (unpaired) electrons. The Kier molecular flexibility index (Phi) is 58.8. The Labute approximate surface area is 512 Å². The lowest BCUT2D eigenvalue weighted by atomic mass is 10.0. The van der Waals surface area contributed by atoms with Crippen LogP contribution in [-0.2, 0) is 27.9 Å². The summed E-state index contributed by atoms with van der Waals surface area (Å²) in [5.74, 6) is -0.613. The number of nitrogens with zero attached hydrogens (tertiary/aromatic N) is 1. The van der Waals surface area contributed by atoms with Crippen LogP contribution in [0.4, 0.5) is 0 Å². The number of esters is 1. The van der Waals surface area contributed by atoms with Gasteiger partial charge in [0, 0.05) is 12.8 Å². The number of allylic oxidation sites excluding steroid dienone is 19. The van der Waals surface area contributed by atoms with E-state index in [-0.39, 0.29) is 31.3 Å². The topological polar surface area (TPSA) is 114 Å². The van der Waals surface area contributed by atoms with Crippen LogP contribution in [0.25, 0.3) is 0 Å². The molecule has 3 unspecified atom stereocenters. The number of nitrogens with one attached hydrogen (secondary N) is 1. The number of phosphoric acid groups is 1. The summed E-state index contributed by atoms with van der Waals surface area (Å²) in [5.41, 5.74) is 0. The number of quaternary nitrogens is 1. The lowest BCUT2D eigenvalue weighted by Crippen LogP contribution is -2.47. The second-order valence-electron chi connectivity index (χ2n) is 23.6. The molecule has 83 heavy (non-hydrogen) atoms. The smallest absolute Gasteiger partial charge is 0.306 e. The predicted octanol–water partition coefficient (Wildman–Crippen LogP) is 20.8. The van der Waals surface area contributed by atoms with Crippen molar-refractivity contribution in [1.82, 2.24) is 5.32 Å². The van der Waals surface area contributed by atoms with Crippen LogP contribution in [0.3, 0.4) is 0 Å². The van der Waals surface area contributed by atoms with Gasteiger partial charge in [0.2, 0.25) is 5.91 Å². The molecule has 0 aliphatic heterocycles. The molecule has 3 atom stereocenters. The van der Waals surface area contributed by atoms with Gasteiger partial charge in [0.15, 0.2) is 0 Å². The van der Waals surface area contributed by atoms with Crippen molar-refractivity contribution in [3.05, 3.63) is 122 Å². The summed E-state index contributed by atoms with van der Waals surface area (Å²) in [5, 5.41) is 3.00. The number of amides is 1. The van der Waals surface area contributed by atoms with Crippen LogP contribution >= 0.6 is 7.82 Å². The number of likely N-dealkylation sites (N-methyl/N-ethyl adjacent to an activating group) is 1. The van der Waals surface area contributed by atoms with Crippen LogP contribution in [0.2, 0.25) is 0 Å². The molecule has 476 valence electrons. The fraction of sp³-hybridized carbons (Fsp3) is 0.699. The van der Waals surface area contributed by atoms with Crippen molar-refractivity contribution in [3.63, 3.8) is 0 Å². The van der Waals surface area contributed by atoms with Gasteiger partial charge in [-0.2, -0.15) is 0 Å². The summed E-state index contributed by atoms with van der Waals surface area (Å²) < 4.78 is 30.4. The monoisotopic (exact) mass is 1170 g/mol.